The molecule has 3 atom stereocenters. The lowest BCUT2D eigenvalue weighted by molar-refractivity contribution is -0.0474. The van der Waals surface area contributed by atoms with Crippen LogP contribution in [0.1, 0.15) is 73.2 Å². The molecule has 7 rings (SSSR count). The van der Waals surface area contributed by atoms with Crippen molar-refractivity contribution in [1.82, 2.24) is 14.9 Å². The van der Waals surface area contributed by atoms with Gasteiger partial charge < -0.3 is 15.0 Å². The molecular weight excluding hydrogens is 370 g/mol. The molecule has 4 aliphatic rings. The van der Waals surface area contributed by atoms with Crippen molar-refractivity contribution in [3.63, 3.8) is 0 Å². The monoisotopic (exact) mass is 401 g/mol. The zero-order valence-electron chi connectivity index (χ0n) is 17.6. The lowest BCUT2D eigenvalue weighted by Gasteiger charge is -2.50. The van der Waals surface area contributed by atoms with Crippen LogP contribution in [-0.4, -0.2) is 45.2 Å². The molecule has 3 aliphatic carbocycles. The number of rotatable bonds is 4. The molecule has 1 saturated heterocycles. The van der Waals surface area contributed by atoms with E-state index in [4.69, 9.17) is 4.98 Å². The molecule has 0 unspecified atom stereocenters. The molecule has 1 aromatic heterocycles. The van der Waals surface area contributed by atoms with Gasteiger partial charge in [-0.1, -0.05) is 36.4 Å². The first-order chi connectivity index (χ1) is 14.7. The van der Waals surface area contributed by atoms with Gasteiger partial charge in [0.1, 0.15) is 5.82 Å². The Morgan fingerprint density at radius 1 is 0.933 bits per heavy atom. The van der Waals surface area contributed by atoms with Crippen LogP contribution in [0.3, 0.4) is 0 Å². The molecule has 1 aliphatic heterocycles. The summed E-state index contributed by atoms with van der Waals surface area (Å²) < 4.78 is 0. The molecular formula is C26H31N3O. The highest BCUT2D eigenvalue weighted by Crippen LogP contribution is 2.55. The summed E-state index contributed by atoms with van der Waals surface area (Å²) in [4.78, 5) is 10.9. The third kappa shape index (κ3) is 3.09. The Hall–Kier alpha value is -2.17. The lowest BCUT2D eigenvalue weighted by Crippen LogP contribution is -2.48. The summed E-state index contributed by atoms with van der Waals surface area (Å²) in [5.41, 5.74) is 4.62. The highest BCUT2D eigenvalue weighted by molar-refractivity contribution is 5.74. The molecule has 3 aromatic rings. The van der Waals surface area contributed by atoms with E-state index in [9.17, 15) is 5.11 Å². The van der Waals surface area contributed by atoms with E-state index in [2.05, 4.69) is 58.4 Å². The Kier molecular flexibility index (Phi) is 4.47. The lowest BCUT2D eigenvalue weighted by atomic mass is 9.58. The second-order valence-electron chi connectivity index (χ2n) is 9.77. The molecule has 4 heteroatoms. The molecule has 30 heavy (non-hydrogen) atoms. The number of fused-ring (bicyclic) bond motifs is 3. The number of hydrogen-bond donors (Lipinski definition) is 2. The van der Waals surface area contributed by atoms with Gasteiger partial charge in [-0.2, -0.15) is 0 Å². The summed E-state index contributed by atoms with van der Waals surface area (Å²) in [7, 11) is 0. The van der Waals surface area contributed by atoms with Gasteiger partial charge in [0.05, 0.1) is 16.6 Å². The predicted octanol–water partition coefficient (Wildman–Crippen LogP) is 4.93. The SMILES string of the molecule is O[C@@]1(CCN2CCC(c3nc4ccccc4[nH]3)CC2)C[C@H]2CC[C@H]1c1ccccc12. The van der Waals surface area contributed by atoms with Crippen LogP contribution in [0.2, 0.25) is 0 Å². The van der Waals surface area contributed by atoms with Gasteiger partial charge >= 0.3 is 0 Å². The van der Waals surface area contributed by atoms with Crippen molar-refractivity contribution in [3.05, 3.63) is 65.5 Å². The quantitative estimate of drug-likeness (QED) is 0.652. The molecule has 1 saturated carbocycles. The Morgan fingerprint density at radius 2 is 1.70 bits per heavy atom. The maximum absolute atomic E-state index is 11.6. The van der Waals surface area contributed by atoms with Crippen LogP contribution in [0.4, 0.5) is 0 Å². The molecule has 0 radical (unpaired) electrons. The molecule has 2 bridgehead atoms. The van der Waals surface area contributed by atoms with Gasteiger partial charge in [-0.15, -0.1) is 0 Å². The Bertz CT molecular complexity index is 1020. The van der Waals surface area contributed by atoms with Gasteiger partial charge in [0, 0.05) is 18.4 Å². The van der Waals surface area contributed by atoms with E-state index >= 15 is 0 Å². The van der Waals surface area contributed by atoms with Crippen LogP contribution >= 0.6 is 0 Å². The van der Waals surface area contributed by atoms with Crippen LogP contribution < -0.4 is 0 Å². The van der Waals surface area contributed by atoms with E-state index in [1.807, 2.05) is 0 Å². The fourth-order valence-corrected chi connectivity index (χ4v) is 6.44. The number of aliphatic hydroxyl groups is 1. The largest absolute Gasteiger partial charge is 0.389 e. The topological polar surface area (TPSA) is 52.1 Å². The minimum Gasteiger partial charge on any atom is -0.389 e. The summed E-state index contributed by atoms with van der Waals surface area (Å²) in [6.45, 7) is 3.21. The minimum absolute atomic E-state index is 0.326. The van der Waals surface area contributed by atoms with Crippen molar-refractivity contribution in [2.45, 2.75) is 61.9 Å². The highest BCUT2D eigenvalue weighted by atomic mass is 16.3. The molecule has 2 heterocycles. The van der Waals surface area contributed by atoms with Crippen molar-refractivity contribution in [3.8, 4) is 0 Å². The molecule has 0 amide bonds. The number of nitrogens with one attached hydrogen (secondary N) is 1. The zero-order chi connectivity index (χ0) is 20.1. The van der Waals surface area contributed by atoms with Gasteiger partial charge in [0.15, 0.2) is 0 Å². The number of hydrogen-bond acceptors (Lipinski definition) is 3. The number of aromatic nitrogens is 2. The van der Waals surface area contributed by atoms with E-state index in [1.165, 1.54) is 17.5 Å². The van der Waals surface area contributed by atoms with Crippen molar-refractivity contribution in [2.75, 3.05) is 19.6 Å². The average Bonchev–Trinajstić information content (AvgIpc) is 3.23. The van der Waals surface area contributed by atoms with Gasteiger partial charge in [0.2, 0.25) is 0 Å². The highest BCUT2D eigenvalue weighted by Gasteiger charge is 2.48. The van der Waals surface area contributed by atoms with Crippen LogP contribution in [-0.2, 0) is 0 Å². The fourth-order valence-electron chi connectivity index (χ4n) is 6.44. The number of benzene rings is 2. The van der Waals surface area contributed by atoms with Crippen molar-refractivity contribution >= 4 is 11.0 Å². The number of likely N-dealkylation sites (tertiary alicyclic amines) is 1. The normalized spacial score (nSPS) is 29.4. The smallest absolute Gasteiger partial charge is 0.110 e. The van der Waals surface area contributed by atoms with Gasteiger partial charge in [-0.05, 0) is 80.8 Å². The number of imidazole rings is 1. The minimum atomic E-state index is -0.521. The van der Waals surface area contributed by atoms with Gasteiger partial charge in [0.25, 0.3) is 0 Å². The van der Waals surface area contributed by atoms with E-state index < -0.39 is 5.60 Å². The summed E-state index contributed by atoms with van der Waals surface area (Å²) in [6, 6.07) is 17.2. The average molecular weight is 402 g/mol. The zero-order valence-corrected chi connectivity index (χ0v) is 17.6. The van der Waals surface area contributed by atoms with E-state index in [0.29, 0.717) is 17.8 Å². The third-order valence-electron chi connectivity index (χ3n) is 8.11. The van der Waals surface area contributed by atoms with E-state index in [1.54, 1.807) is 0 Å². The van der Waals surface area contributed by atoms with Crippen LogP contribution in [0.15, 0.2) is 48.5 Å². The first-order valence-electron chi connectivity index (χ1n) is 11.7. The molecule has 156 valence electrons. The van der Waals surface area contributed by atoms with E-state index in [-0.39, 0.29) is 0 Å². The summed E-state index contributed by atoms with van der Waals surface area (Å²) in [6.07, 6.45) is 6.53. The standard InChI is InChI=1S/C26H31N3O/c30-26(17-19-9-10-22(26)21-6-2-1-5-20(19)21)13-16-29-14-11-18(12-15-29)25-27-23-7-3-4-8-24(23)28-25/h1-8,18-19,22,30H,9-17H2,(H,27,28)/t19-,22+,26+/m1/s1. The second-order valence-corrected chi connectivity index (χ2v) is 9.77. The molecule has 2 fully saturated rings. The first kappa shape index (κ1) is 18.6. The summed E-state index contributed by atoms with van der Waals surface area (Å²) in [5.74, 6) is 2.55. The number of piperidine rings is 1. The van der Waals surface area contributed by atoms with Crippen LogP contribution in [0.25, 0.3) is 11.0 Å². The van der Waals surface area contributed by atoms with Gasteiger partial charge in [-0.25, -0.2) is 4.98 Å². The number of nitrogens with zero attached hydrogens (tertiary/aromatic N) is 2. The van der Waals surface area contributed by atoms with Crippen LogP contribution in [0.5, 0.6) is 0 Å². The van der Waals surface area contributed by atoms with E-state index in [0.717, 1.165) is 68.6 Å². The van der Waals surface area contributed by atoms with Gasteiger partial charge in [-0.3, -0.25) is 0 Å². The Morgan fingerprint density at radius 3 is 2.53 bits per heavy atom. The maximum Gasteiger partial charge on any atom is 0.110 e. The Labute approximate surface area is 178 Å². The van der Waals surface area contributed by atoms with Crippen molar-refractivity contribution in [2.24, 2.45) is 0 Å². The number of aromatic amines is 1. The van der Waals surface area contributed by atoms with Crippen LogP contribution in [0, 0.1) is 0 Å². The van der Waals surface area contributed by atoms with Crippen molar-refractivity contribution in [1.29, 1.82) is 0 Å². The molecule has 0 spiro atoms. The summed E-state index contributed by atoms with van der Waals surface area (Å²) >= 11 is 0. The third-order valence-corrected chi connectivity index (χ3v) is 8.11. The number of H-pyrrole nitrogens is 1. The molecule has 4 nitrogen and oxygen atoms in total. The predicted molar refractivity (Wildman–Crippen MR) is 120 cm³/mol. The Balaban J connectivity index is 1.09. The molecule has 2 N–H and O–H groups in total. The first-order valence-corrected chi connectivity index (χ1v) is 11.7. The van der Waals surface area contributed by atoms with Crippen molar-refractivity contribution < 1.29 is 5.11 Å². The second kappa shape index (κ2) is 7.21. The fraction of sp³-hybridized carbons (Fsp3) is 0.500. The number of para-hydroxylation sites is 2. The maximum atomic E-state index is 11.6. The molecule has 2 aromatic carbocycles. The summed E-state index contributed by atoms with van der Waals surface area (Å²) in [5, 5.41) is 11.6.